The Morgan fingerprint density at radius 1 is 1.10 bits per heavy atom. The van der Waals surface area contributed by atoms with E-state index in [9.17, 15) is 24.8 Å². The summed E-state index contributed by atoms with van der Waals surface area (Å²) in [5, 5.41) is 20.9. The van der Waals surface area contributed by atoms with Crippen LogP contribution in [0.4, 0.5) is 11.5 Å². The van der Waals surface area contributed by atoms with Crippen LogP contribution in [0.15, 0.2) is 39.9 Å². The van der Waals surface area contributed by atoms with Gasteiger partial charge in [-0.3, -0.25) is 28.9 Å². The molecule has 0 radical (unpaired) electrons. The summed E-state index contributed by atoms with van der Waals surface area (Å²) in [6.45, 7) is 3.06. The monoisotopic (exact) mass is 419 g/mol. The number of anilines is 1. The largest absolute Gasteiger partial charge is 0.491 e. The summed E-state index contributed by atoms with van der Waals surface area (Å²) in [6.07, 6.45) is -0.722. The third-order valence-electron chi connectivity index (χ3n) is 5.16. The Kier molecular flexibility index (Phi) is 6.53. The lowest BCUT2D eigenvalue weighted by molar-refractivity contribution is -0.384. The summed E-state index contributed by atoms with van der Waals surface area (Å²) in [5.74, 6) is 1.04. The van der Waals surface area contributed by atoms with Crippen molar-refractivity contribution in [3.05, 3.63) is 61.3 Å². The van der Waals surface area contributed by atoms with Gasteiger partial charge in [0.2, 0.25) is 0 Å². The lowest BCUT2D eigenvalue weighted by Gasteiger charge is -2.37. The Bertz CT molecular complexity index is 1010. The molecule has 11 nitrogen and oxygen atoms in total. The molecule has 1 aromatic carbocycles. The summed E-state index contributed by atoms with van der Waals surface area (Å²) in [6, 6.07) is 7.16. The van der Waals surface area contributed by atoms with E-state index in [0.717, 1.165) is 4.57 Å². The van der Waals surface area contributed by atoms with Crippen molar-refractivity contribution in [2.45, 2.75) is 6.10 Å². The number of β-amino-alcohol motifs (C(OH)–C–C–N with tert-alkyl or cyclic N) is 1. The summed E-state index contributed by atoms with van der Waals surface area (Å²) >= 11 is 0. The highest BCUT2D eigenvalue weighted by Crippen LogP contribution is 2.18. The third kappa shape index (κ3) is 4.86. The Morgan fingerprint density at radius 2 is 1.73 bits per heavy atom. The summed E-state index contributed by atoms with van der Waals surface area (Å²) in [4.78, 5) is 38.3. The zero-order valence-corrected chi connectivity index (χ0v) is 16.9. The predicted molar refractivity (Wildman–Crippen MR) is 110 cm³/mol. The smallest absolute Gasteiger partial charge is 0.332 e. The molecule has 1 aliphatic rings. The van der Waals surface area contributed by atoms with Crippen molar-refractivity contribution < 1.29 is 14.8 Å². The van der Waals surface area contributed by atoms with Gasteiger partial charge in [0, 0.05) is 65.0 Å². The van der Waals surface area contributed by atoms with Gasteiger partial charge in [0.1, 0.15) is 24.3 Å². The number of nitro groups is 1. The molecule has 2 aromatic rings. The highest BCUT2D eigenvalue weighted by molar-refractivity contribution is 5.39. The van der Waals surface area contributed by atoms with E-state index in [1.165, 1.54) is 41.9 Å². The maximum atomic E-state index is 12.1. The minimum Gasteiger partial charge on any atom is -0.491 e. The molecule has 0 amide bonds. The molecular weight excluding hydrogens is 394 g/mol. The Hall–Kier alpha value is -3.18. The average Bonchev–Trinajstić information content (AvgIpc) is 2.74. The van der Waals surface area contributed by atoms with Gasteiger partial charge < -0.3 is 14.7 Å². The first-order chi connectivity index (χ1) is 14.3. The van der Waals surface area contributed by atoms with E-state index in [1.807, 2.05) is 4.90 Å². The number of hydrogen-bond donors (Lipinski definition) is 1. The maximum Gasteiger partial charge on any atom is 0.332 e. The normalized spacial score (nSPS) is 15.8. The van der Waals surface area contributed by atoms with Crippen molar-refractivity contribution in [1.29, 1.82) is 0 Å². The number of non-ortho nitro benzene ring substituents is 1. The molecule has 0 bridgehead atoms. The van der Waals surface area contributed by atoms with Crippen LogP contribution in [0.25, 0.3) is 0 Å². The Balaban J connectivity index is 1.49. The third-order valence-corrected chi connectivity index (χ3v) is 5.16. The SMILES string of the molecule is Cn1c(N2CCN(CC(O)COc3ccc([N+](=O)[O-])cc3)CC2)cc(=O)n(C)c1=O. The van der Waals surface area contributed by atoms with Gasteiger partial charge in [-0.05, 0) is 12.1 Å². The van der Waals surface area contributed by atoms with Crippen LogP contribution < -0.4 is 20.9 Å². The number of nitro benzene ring substituents is 1. The number of ether oxygens (including phenoxy) is 1. The molecule has 1 saturated heterocycles. The van der Waals surface area contributed by atoms with Crippen molar-refractivity contribution in [1.82, 2.24) is 14.0 Å². The minimum atomic E-state index is -0.722. The maximum absolute atomic E-state index is 12.1. The topological polar surface area (TPSA) is 123 Å². The molecule has 1 atom stereocenters. The summed E-state index contributed by atoms with van der Waals surface area (Å²) in [7, 11) is 3.09. The minimum absolute atomic E-state index is 0.0189. The molecule has 0 spiro atoms. The number of rotatable bonds is 7. The fraction of sp³-hybridized carbons (Fsp3) is 0.474. The highest BCUT2D eigenvalue weighted by Gasteiger charge is 2.22. The van der Waals surface area contributed by atoms with Crippen LogP contribution >= 0.6 is 0 Å². The molecule has 1 unspecified atom stereocenters. The molecule has 2 heterocycles. The van der Waals surface area contributed by atoms with Crippen LogP contribution in [0.3, 0.4) is 0 Å². The van der Waals surface area contributed by atoms with E-state index in [2.05, 4.69) is 4.90 Å². The van der Waals surface area contributed by atoms with Crippen LogP contribution in [0.5, 0.6) is 5.75 Å². The van der Waals surface area contributed by atoms with Gasteiger partial charge in [-0.25, -0.2) is 4.79 Å². The summed E-state index contributed by atoms with van der Waals surface area (Å²) in [5.41, 5.74) is -0.720. The molecule has 30 heavy (non-hydrogen) atoms. The fourth-order valence-electron chi connectivity index (χ4n) is 3.39. The zero-order chi connectivity index (χ0) is 21.8. The molecule has 1 aliphatic heterocycles. The number of benzene rings is 1. The van der Waals surface area contributed by atoms with Gasteiger partial charge in [0.15, 0.2) is 0 Å². The van der Waals surface area contributed by atoms with Crippen LogP contribution in [0.1, 0.15) is 0 Å². The van der Waals surface area contributed by atoms with Gasteiger partial charge in [-0.2, -0.15) is 0 Å². The lowest BCUT2D eigenvalue weighted by Crippen LogP contribution is -2.51. The fourth-order valence-corrected chi connectivity index (χ4v) is 3.39. The van der Waals surface area contributed by atoms with E-state index in [0.29, 0.717) is 44.3 Å². The first-order valence-corrected chi connectivity index (χ1v) is 9.56. The van der Waals surface area contributed by atoms with E-state index in [-0.39, 0.29) is 23.5 Å². The van der Waals surface area contributed by atoms with E-state index in [1.54, 1.807) is 7.05 Å². The van der Waals surface area contributed by atoms with Crippen molar-refractivity contribution in [2.24, 2.45) is 14.1 Å². The van der Waals surface area contributed by atoms with Gasteiger partial charge >= 0.3 is 5.69 Å². The van der Waals surface area contributed by atoms with Crippen molar-refractivity contribution >= 4 is 11.5 Å². The second-order valence-corrected chi connectivity index (χ2v) is 7.24. The number of piperazine rings is 1. The standard InChI is InChI=1S/C19H25N5O6/c1-20-17(11-18(26)21(2)19(20)27)23-9-7-22(8-10-23)12-15(25)13-30-16-5-3-14(4-6-16)24(28)29/h3-6,11,15,25H,7-10,12-13H2,1-2H3. The molecule has 3 rings (SSSR count). The zero-order valence-electron chi connectivity index (χ0n) is 16.9. The second kappa shape index (κ2) is 9.09. The number of nitrogens with zero attached hydrogens (tertiary/aromatic N) is 5. The molecule has 1 N–H and O–H groups in total. The molecule has 0 saturated carbocycles. The van der Waals surface area contributed by atoms with Crippen molar-refractivity contribution in [2.75, 3.05) is 44.2 Å². The predicted octanol–water partition coefficient (Wildman–Crippen LogP) is -0.446. The van der Waals surface area contributed by atoms with E-state index >= 15 is 0 Å². The highest BCUT2D eigenvalue weighted by atomic mass is 16.6. The van der Waals surface area contributed by atoms with Crippen molar-refractivity contribution in [3.63, 3.8) is 0 Å². The van der Waals surface area contributed by atoms with Gasteiger partial charge in [-0.15, -0.1) is 0 Å². The van der Waals surface area contributed by atoms with Gasteiger partial charge in [-0.1, -0.05) is 0 Å². The van der Waals surface area contributed by atoms with Gasteiger partial charge in [0.25, 0.3) is 11.2 Å². The van der Waals surface area contributed by atoms with E-state index < -0.39 is 11.0 Å². The van der Waals surface area contributed by atoms with E-state index in [4.69, 9.17) is 4.74 Å². The molecular formula is C19H25N5O6. The quantitative estimate of drug-likeness (QED) is 0.473. The number of aromatic nitrogens is 2. The van der Waals surface area contributed by atoms with Crippen LogP contribution in [0.2, 0.25) is 0 Å². The molecule has 162 valence electrons. The Labute approximate surface area is 172 Å². The first-order valence-electron chi connectivity index (χ1n) is 9.56. The van der Waals surface area contributed by atoms with Crippen LogP contribution in [0, 0.1) is 10.1 Å². The molecule has 0 aliphatic carbocycles. The first kappa shape index (κ1) is 21.5. The average molecular weight is 419 g/mol. The van der Waals surface area contributed by atoms with Crippen molar-refractivity contribution in [3.8, 4) is 5.75 Å². The van der Waals surface area contributed by atoms with Crippen LogP contribution in [-0.2, 0) is 14.1 Å². The number of aliphatic hydroxyl groups is 1. The van der Waals surface area contributed by atoms with Crippen LogP contribution in [-0.4, -0.2) is 69.5 Å². The number of hydrogen-bond acceptors (Lipinski definition) is 8. The summed E-state index contributed by atoms with van der Waals surface area (Å²) < 4.78 is 8.04. The molecule has 11 heteroatoms. The Morgan fingerprint density at radius 3 is 2.33 bits per heavy atom. The molecule has 1 aromatic heterocycles. The number of aliphatic hydroxyl groups excluding tert-OH is 1. The van der Waals surface area contributed by atoms with Gasteiger partial charge in [0.05, 0.1) is 4.92 Å². The second-order valence-electron chi connectivity index (χ2n) is 7.24. The molecule has 1 fully saturated rings. The lowest BCUT2D eigenvalue weighted by atomic mass is 10.2.